The molecule has 0 saturated heterocycles. The SMILES string of the molecule is C1CC1.CO.Clc1cc(Br)c2cnn(PI)c2c1. The Labute approximate surface area is 135 Å². The summed E-state index contributed by atoms with van der Waals surface area (Å²) in [6, 6.07) is 3.81. The average Bonchev–Trinajstić information content (AvgIpc) is 3.19. The van der Waals surface area contributed by atoms with Crippen LogP contribution in [0.2, 0.25) is 5.02 Å². The highest BCUT2D eigenvalue weighted by molar-refractivity contribution is 14.2. The molecule has 100 valence electrons. The molecule has 0 amide bonds. The van der Waals surface area contributed by atoms with Crippen LogP contribution in [0.15, 0.2) is 22.8 Å². The lowest BCUT2D eigenvalue weighted by molar-refractivity contribution is 0.399. The van der Waals surface area contributed by atoms with Gasteiger partial charge < -0.3 is 5.11 Å². The van der Waals surface area contributed by atoms with Crippen LogP contribution >= 0.6 is 55.9 Å². The Morgan fingerprint density at radius 3 is 2.50 bits per heavy atom. The lowest BCUT2D eigenvalue weighted by Crippen LogP contribution is -1.81. The second-order valence-electron chi connectivity index (χ2n) is 3.52. The van der Waals surface area contributed by atoms with Gasteiger partial charge >= 0.3 is 0 Å². The summed E-state index contributed by atoms with van der Waals surface area (Å²) in [7, 11) is 1.00. The number of aliphatic hydroxyl groups is 1. The first-order valence-electron chi connectivity index (χ1n) is 5.36. The number of benzene rings is 1. The number of hydrogen-bond acceptors (Lipinski definition) is 2. The molecule has 1 atom stereocenters. The summed E-state index contributed by atoms with van der Waals surface area (Å²) in [5.74, 6) is 0. The maximum atomic E-state index is 7.00. The van der Waals surface area contributed by atoms with Crippen LogP contribution < -0.4 is 0 Å². The van der Waals surface area contributed by atoms with Crippen molar-refractivity contribution in [2.45, 2.75) is 19.3 Å². The molecule has 0 radical (unpaired) electrons. The maximum Gasteiger partial charge on any atom is 0.0755 e. The Kier molecular flexibility index (Phi) is 8.03. The predicted molar refractivity (Wildman–Crippen MR) is 92.2 cm³/mol. The number of aliphatic hydroxyl groups excluding tert-OH is 1. The monoisotopic (exact) mass is 462 g/mol. The van der Waals surface area contributed by atoms with Gasteiger partial charge in [-0.15, -0.1) is 0 Å². The number of halogens is 3. The predicted octanol–water partition coefficient (Wildman–Crippen LogP) is 5.02. The van der Waals surface area contributed by atoms with Crippen LogP contribution in [-0.2, 0) is 0 Å². The maximum absolute atomic E-state index is 7.00. The molecule has 1 aromatic carbocycles. The fourth-order valence-corrected chi connectivity index (χ4v) is 3.55. The van der Waals surface area contributed by atoms with Crippen molar-refractivity contribution < 1.29 is 5.11 Å². The van der Waals surface area contributed by atoms with E-state index in [2.05, 4.69) is 43.1 Å². The molecule has 3 nitrogen and oxygen atoms in total. The van der Waals surface area contributed by atoms with Crippen molar-refractivity contribution >= 4 is 66.8 Å². The van der Waals surface area contributed by atoms with Gasteiger partial charge in [0.1, 0.15) is 0 Å². The van der Waals surface area contributed by atoms with E-state index in [4.69, 9.17) is 16.7 Å². The number of nitrogens with zero attached hydrogens (tertiary/aromatic N) is 2. The standard InChI is InChI=1S/C7H4BrClIN2P.C3H6.CH4O/c8-6-1-4(9)2-7-5(6)3-11-12(7)13-10;1-2-3-1;1-2/h1-3,13H;1-3H2;2H,1H3. The van der Waals surface area contributed by atoms with Crippen LogP contribution in [0.1, 0.15) is 19.3 Å². The third kappa shape index (κ3) is 4.93. The van der Waals surface area contributed by atoms with Gasteiger partial charge in [-0.1, -0.05) is 30.9 Å². The van der Waals surface area contributed by atoms with E-state index in [1.54, 1.807) is 0 Å². The molecule has 1 aromatic heterocycles. The molecule has 7 heteroatoms. The van der Waals surface area contributed by atoms with Gasteiger partial charge in [-0.25, -0.2) is 4.45 Å². The Morgan fingerprint density at radius 1 is 1.39 bits per heavy atom. The highest BCUT2D eigenvalue weighted by Crippen LogP contribution is 2.33. The van der Waals surface area contributed by atoms with Gasteiger partial charge in [-0.2, -0.15) is 5.10 Å². The Bertz CT molecular complexity index is 504. The smallest absolute Gasteiger partial charge is 0.0755 e. The van der Waals surface area contributed by atoms with Crippen molar-refractivity contribution in [3.63, 3.8) is 0 Å². The molecule has 2 aromatic rings. The molecule has 18 heavy (non-hydrogen) atoms. The lowest BCUT2D eigenvalue weighted by Gasteiger charge is -1.98. The number of hydrogen-bond donors (Lipinski definition) is 1. The normalized spacial score (nSPS) is 12.9. The molecule has 1 aliphatic carbocycles. The van der Waals surface area contributed by atoms with E-state index in [0.29, 0.717) is 6.37 Å². The van der Waals surface area contributed by atoms with E-state index in [-0.39, 0.29) is 0 Å². The molecular weight excluding hydrogens is 449 g/mol. The minimum absolute atomic E-state index is 0.597. The summed E-state index contributed by atoms with van der Waals surface area (Å²) in [5, 5.41) is 13.1. The van der Waals surface area contributed by atoms with E-state index >= 15 is 0 Å². The zero-order valence-electron chi connectivity index (χ0n) is 9.83. The Hall–Kier alpha value is 0.580. The lowest BCUT2D eigenvalue weighted by atomic mass is 10.3. The van der Waals surface area contributed by atoms with Crippen molar-refractivity contribution in [2.24, 2.45) is 0 Å². The van der Waals surface area contributed by atoms with Crippen molar-refractivity contribution in [1.82, 2.24) is 9.55 Å². The highest BCUT2D eigenvalue weighted by Gasteiger charge is 2.06. The molecule has 0 spiro atoms. The molecule has 1 heterocycles. The van der Waals surface area contributed by atoms with E-state index in [1.165, 1.54) is 19.3 Å². The van der Waals surface area contributed by atoms with Crippen molar-refractivity contribution in [2.75, 3.05) is 7.11 Å². The van der Waals surface area contributed by atoms with Gasteiger partial charge in [0.15, 0.2) is 0 Å². The molecule has 1 saturated carbocycles. The molecular formula is C11H14BrClIN2OP. The molecule has 0 bridgehead atoms. The van der Waals surface area contributed by atoms with Crippen LogP contribution in [0.25, 0.3) is 10.9 Å². The van der Waals surface area contributed by atoms with Crippen LogP contribution in [0.4, 0.5) is 0 Å². The van der Waals surface area contributed by atoms with Crippen LogP contribution in [0, 0.1) is 0 Å². The van der Waals surface area contributed by atoms with E-state index in [0.717, 1.165) is 27.5 Å². The number of rotatable bonds is 1. The first kappa shape index (κ1) is 16.6. The van der Waals surface area contributed by atoms with Crippen LogP contribution in [0.5, 0.6) is 0 Å². The first-order chi connectivity index (χ1) is 8.72. The Morgan fingerprint density at radius 2 is 2.00 bits per heavy atom. The largest absolute Gasteiger partial charge is 0.400 e. The second-order valence-corrected chi connectivity index (χ2v) is 6.85. The summed E-state index contributed by atoms with van der Waals surface area (Å²) in [6.45, 7) is 0. The van der Waals surface area contributed by atoms with Gasteiger partial charge in [0.25, 0.3) is 0 Å². The van der Waals surface area contributed by atoms with E-state index in [9.17, 15) is 0 Å². The zero-order chi connectivity index (χ0) is 13.5. The summed E-state index contributed by atoms with van der Waals surface area (Å²) in [6.07, 6.45) is 6.95. The number of aromatic nitrogens is 2. The fourth-order valence-electron chi connectivity index (χ4n) is 1.12. The van der Waals surface area contributed by atoms with Gasteiger partial charge in [-0.3, -0.25) is 0 Å². The molecule has 3 rings (SSSR count). The van der Waals surface area contributed by atoms with Crippen LogP contribution in [0.3, 0.4) is 0 Å². The van der Waals surface area contributed by atoms with Gasteiger partial charge in [-0.05, 0) is 50.1 Å². The molecule has 1 aliphatic rings. The summed E-state index contributed by atoms with van der Waals surface area (Å²) < 4.78 is 2.93. The van der Waals surface area contributed by atoms with Gasteiger partial charge in [0.2, 0.25) is 0 Å². The fraction of sp³-hybridized carbons (Fsp3) is 0.364. The second kappa shape index (κ2) is 8.69. The van der Waals surface area contributed by atoms with Crippen molar-refractivity contribution in [3.8, 4) is 0 Å². The minimum atomic E-state index is 0.597. The van der Waals surface area contributed by atoms with Gasteiger partial charge in [0.05, 0.1) is 18.1 Å². The summed E-state index contributed by atoms with van der Waals surface area (Å²) in [4.78, 5) is 0. The summed E-state index contributed by atoms with van der Waals surface area (Å²) in [5.41, 5.74) is 1.08. The highest BCUT2D eigenvalue weighted by atomic mass is 127. The zero-order valence-corrected chi connectivity index (χ0v) is 15.3. The molecule has 0 aliphatic heterocycles. The number of fused-ring (bicyclic) bond motifs is 1. The quantitative estimate of drug-likeness (QED) is 0.476. The van der Waals surface area contributed by atoms with Gasteiger partial charge in [0, 0.05) is 22.0 Å². The topological polar surface area (TPSA) is 38.1 Å². The minimum Gasteiger partial charge on any atom is -0.400 e. The first-order valence-corrected chi connectivity index (χ1v) is 10.6. The van der Waals surface area contributed by atoms with Crippen molar-refractivity contribution in [1.29, 1.82) is 0 Å². The molecule has 1 unspecified atom stereocenters. The summed E-state index contributed by atoms with van der Waals surface area (Å²) >= 11 is 11.7. The van der Waals surface area contributed by atoms with E-state index < -0.39 is 0 Å². The van der Waals surface area contributed by atoms with E-state index in [1.807, 2.05) is 22.8 Å². The third-order valence-electron chi connectivity index (χ3n) is 2.04. The molecule has 1 fully saturated rings. The average molecular weight is 463 g/mol. The molecule has 1 N–H and O–H groups in total. The van der Waals surface area contributed by atoms with Crippen molar-refractivity contribution in [3.05, 3.63) is 27.8 Å². The third-order valence-corrected chi connectivity index (χ3v) is 4.80. The van der Waals surface area contributed by atoms with Crippen LogP contribution in [-0.4, -0.2) is 21.8 Å². The Balaban J connectivity index is 0.000000276.